The van der Waals surface area contributed by atoms with Crippen LogP contribution in [0.2, 0.25) is 0 Å². The van der Waals surface area contributed by atoms with Crippen molar-refractivity contribution in [3.63, 3.8) is 0 Å². The van der Waals surface area contributed by atoms with Crippen LogP contribution in [0.4, 0.5) is 0 Å². The second kappa shape index (κ2) is 4.97. The van der Waals surface area contributed by atoms with E-state index < -0.39 is 0 Å². The first-order valence-electron chi connectivity index (χ1n) is 3.37. The second-order valence-electron chi connectivity index (χ2n) is 2.64. The van der Waals surface area contributed by atoms with Crippen molar-refractivity contribution in [3.8, 4) is 0 Å². The van der Waals surface area contributed by atoms with E-state index in [1.165, 1.54) is 0 Å². The summed E-state index contributed by atoms with van der Waals surface area (Å²) < 4.78 is 0. The van der Waals surface area contributed by atoms with Crippen LogP contribution in [-0.4, -0.2) is 17.2 Å². The molecule has 0 rings (SSSR count). The molecule has 0 heterocycles. The monoisotopic (exact) mass is 143 g/mol. The van der Waals surface area contributed by atoms with E-state index in [9.17, 15) is 4.79 Å². The van der Waals surface area contributed by atoms with Gasteiger partial charge >= 0.3 is 0 Å². The van der Waals surface area contributed by atoms with Crippen LogP contribution in [0.3, 0.4) is 0 Å². The largest absolute Gasteiger partial charge is 0.411 e. The van der Waals surface area contributed by atoms with Crippen LogP contribution in [0.15, 0.2) is 5.16 Å². The molecule has 0 aromatic carbocycles. The maximum atomic E-state index is 10.6. The summed E-state index contributed by atoms with van der Waals surface area (Å²) >= 11 is 0. The molecule has 0 unspecified atom stereocenters. The average molecular weight is 143 g/mol. The summed E-state index contributed by atoms with van der Waals surface area (Å²) in [6.07, 6.45) is 2.27. The fraction of sp³-hybridized carbons (Fsp3) is 0.714. The normalized spacial score (nSPS) is 11.1. The van der Waals surface area contributed by atoms with Gasteiger partial charge in [0, 0.05) is 6.42 Å². The van der Waals surface area contributed by atoms with E-state index in [2.05, 4.69) is 5.16 Å². The van der Waals surface area contributed by atoms with Gasteiger partial charge in [0.1, 0.15) is 6.21 Å². The van der Waals surface area contributed by atoms with Crippen molar-refractivity contribution in [2.45, 2.75) is 26.7 Å². The lowest BCUT2D eigenvalue weighted by Gasteiger charge is -1.98. The predicted octanol–water partition coefficient (Wildman–Crippen LogP) is 1.45. The van der Waals surface area contributed by atoms with Gasteiger partial charge in [0.25, 0.3) is 0 Å². The van der Waals surface area contributed by atoms with Crippen molar-refractivity contribution in [2.24, 2.45) is 11.1 Å². The van der Waals surface area contributed by atoms with Gasteiger partial charge in [0.2, 0.25) is 0 Å². The molecule has 0 spiro atoms. The van der Waals surface area contributed by atoms with E-state index in [4.69, 9.17) is 5.21 Å². The molecule has 1 N–H and O–H groups in total. The van der Waals surface area contributed by atoms with Gasteiger partial charge < -0.3 is 5.21 Å². The zero-order valence-electron chi connectivity index (χ0n) is 6.37. The fourth-order valence-electron chi connectivity index (χ4n) is 0.560. The summed E-state index contributed by atoms with van der Waals surface area (Å²) in [5.41, 5.74) is 0. The number of hydrogen-bond acceptors (Lipinski definition) is 3. The maximum Gasteiger partial charge on any atom is 0.177 e. The molecule has 0 aromatic rings. The van der Waals surface area contributed by atoms with Crippen molar-refractivity contribution < 1.29 is 10.0 Å². The molecule has 58 valence electrons. The zero-order chi connectivity index (χ0) is 7.98. The molecule has 0 amide bonds. The Bertz CT molecular complexity index is 130. The van der Waals surface area contributed by atoms with Crippen molar-refractivity contribution in [1.82, 2.24) is 0 Å². The van der Waals surface area contributed by atoms with Crippen molar-refractivity contribution >= 4 is 12.0 Å². The standard InChI is InChI=1S/C7H13NO2/c1-6(2)3-4-7(9)5-8-10/h5-6,10H,3-4H2,1-2H3/b8-5+. The number of hydrogen-bond donors (Lipinski definition) is 1. The third kappa shape index (κ3) is 5.28. The van der Waals surface area contributed by atoms with Gasteiger partial charge in [0.15, 0.2) is 5.78 Å². The summed E-state index contributed by atoms with van der Waals surface area (Å²) in [5.74, 6) is 0.409. The highest BCUT2D eigenvalue weighted by Crippen LogP contribution is 2.02. The maximum absolute atomic E-state index is 10.6. The van der Waals surface area contributed by atoms with Gasteiger partial charge in [-0.1, -0.05) is 19.0 Å². The molecular weight excluding hydrogens is 130 g/mol. The van der Waals surface area contributed by atoms with Crippen LogP contribution >= 0.6 is 0 Å². The van der Waals surface area contributed by atoms with E-state index >= 15 is 0 Å². The minimum absolute atomic E-state index is 0.115. The van der Waals surface area contributed by atoms with Crippen LogP contribution < -0.4 is 0 Å². The van der Waals surface area contributed by atoms with Gasteiger partial charge in [-0.3, -0.25) is 4.79 Å². The van der Waals surface area contributed by atoms with Gasteiger partial charge in [-0.15, -0.1) is 0 Å². The van der Waals surface area contributed by atoms with Crippen LogP contribution in [-0.2, 0) is 4.79 Å². The van der Waals surface area contributed by atoms with Crippen molar-refractivity contribution in [1.29, 1.82) is 0 Å². The van der Waals surface area contributed by atoms with E-state index in [0.29, 0.717) is 12.3 Å². The lowest BCUT2D eigenvalue weighted by molar-refractivity contribution is -0.112. The summed E-state index contributed by atoms with van der Waals surface area (Å²) in [6, 6.07) is 0. The Labute approximate surface area is 60.7 Å². The Balaban J connectivity index is 3.40. The Morgan fingerprint density at radius 1 is 1.70 bits per heavy atom. The van der Waals surface area contributed by atoms with Crippen LogP contribution in [0.25, 0.3) is 0 Å². The van der Waals surface area contributed by atoms with Crippen LogP contribution in [0.1, 0.15) is 26.7 Å². The Morgan fingerprint density at radius 3 is 2.70 bits per heavy atom. The Hall–Kier alpha value is -0.860. The van der Waals surface area contributed by atoms with E-state index in [1.54, 1.807) is 0 Å². The van der Waals surface area contributed by atoms with Crippen LogP contribution in [0, 0.1) is 5.92 Å². The third-order valence-corrected chi connectivity index (χ3v) is 1.17. The van der Waals surface area contributed by atoms with E-state index in [-0.39, 0.29) is 5.78 Å². The molecule has 3 heteroatoms. The zero-order valence-corrected chi connectivity index (χ0v) is 6.37. The first kappa shape index (κ1) is 9.14. The van der Waals surface area contributed by atoms with E-state index in [0.717, 1.165) is 12.6 Å². The number of nitrogens with zero attached hydrogens (tertiary/aromatic N) is 1. The first-order chi connectivity index (χ1) is 4.66. The van der Waals surface area contributed by atoms with Gasteiger partial charge in [-0.05, 0) is 12.3 Å². The summed E-state index contributed by atoms with van der Waals surface area (Å²) in [5, 5.41) is 10.6. The van der Waals surface area contributed by atoms with Gasteiger partial charge in [0.05, 0.1) is 0 Å². The molecule has 0 aliphatic heterocycles. The molecule has 0 saturated heterocycles. The predicted molar refractivity (Wildman–Crippen MR) is 39.4 cm³/mol. The minimum atomic E-state index is -0.115. The van der Waals surface area contributed by atoms with Crippen molar-refractivity contribution in [3.05, 3.63) is 0 Å². The number of carbonyl (C=O) groups excluding carboxylic acids is 1. The molecule has 0 radical (unpaired) electrons. The second-order valence-corrected chi connectivity index (χ2v) is 2.64. The number of ketones is 1. The molecule has 0 aromatic heterocycles. The molecule has 0 fully saturated rings. The Morgan fingerprint density at radius 2 is 2.30 bits per heavy atom. The molecule has 0 aliphatic carbocycles. The molecular formula is C7H13NO2. The minimum Gasteiger partial charge on any atom is -0.411 e. The molecule has 10 heavy (non-hydrogen) atoms. The first-order valence-corrected chi connectivity index (χ1v) is 3.37. The smallest absolute Gasteiger partial charge is 0.177 e. The molecule has 3 nitrogen and oxygen atoms in total. The molecule has 0 saturated carbocycles. The van der Waals surface area contributed by atoms with Gasteiger partial charge in [-0.2, -0.15) is 0 Å². The summed E-state index contributed by atoms with van der Waals surface area (Å²) in [7, 11) is 0. The molecule has 0 atom stereocenters. The third-order valence-electron chi connectivity index (χ3n) is 1.17. The SMILES string of the molecule is CC(C)CCC(=O)/C=N/O. The number of Topliss-reactive ketones (excluding diaryl/α,β-unsaturated/α-hetero) is 1. The topological polar surface area (TPSA) is 49.7 Å². The molecule has 0 aliphatic rings. The van der Waals surface area contributed by atoms with E-state index in [1.807, 2.05) is 13.8 Å². The lowest BCUT2D eigenvalue weighted by Crippen LogP contribution is -2.00. The van der Waals surface area contributed by atoms with Gasteiger partial charge in [-0.25, -0.2) is 0 Å². The highest BCUT2D eigenvalue weighted by molar-refractivity contribution is 6.27. The number of rotatable bonds is 4. The number of carbonyl (C=O) groups is 1. The Kier molecular flexibility index (Phi) is 4.54. The van der Waals surface area contributed by atoms with Crippen LogP contribution in [0.5, 0.6) is 0 Å². The van der Waals surface area contributed by atoms with Crippen molar-refractivity contribution in [2.75, 3.05) is 0 Å². The summed E-state index contributed by atoms with van der Waals surface area (Å²) in [6.45, 7) is 4.09. The summed E-state index contributed by atoms with van der Waals surface area (Å²) in [4.78, 5) is 10.6. The lowest BCUT2D eigenvalue weighted by atomic mass is 10.1. The number of oxime groups is 1. The average Bonchev–Trinajstić information content (AvgIpc) is 1.85. The molecule has 0 bridgehead atoms. The highest BCUT2D eigenvalue weighted by atomic mass is 16.4. The highest BCUT2D eigenvalue weighted by Gasteiger charge is 1.99. The fourth-order valence-corrected chi connectivity index (χ4v) is 0.560. The quantitative estimate of drug-likeness (QED) is 0.368.